The summed E-state index contributed by atoms with van der Waals surface area (Å²) in [6, 6.07) is 8.14. The van der Waals surface area contributed by atoms with Crippen LogP contribution in [0.3, 0.4) is 0 Å². The molecule has 0 saturated carbocycles. The van der Waals surface area contributed by atoms with Crippen molar-refractivity contribution in [3.05, 3.63) is 35.7 Å². The van der Waals surface area contributed by atoms with Gasteiger partial charge in [-0.2, -0.15) is 0 Å². The van der Waals surface area contributed by atoms with Crippen molar-refractivity contribution in [3.63, 3.8) is 0 Å². The molecule has 2 rings (SSSR count). The van der Waals surface area contributed by atoms with Crippen LogP contribution in [0.5, 0.6) is 0 Å². The van der Waals surface area contributed by atoms with Crippen molar-refractivity contribution in [2.24, 2.45) is 5.73 Å². The zero-order chi connectivity index (χ0) is 11.5. The Hall–Kier alpha value is -1.88. The van der Waals surface area contributed by atoms with Gasteiger partial charge < -0.3 is 11.1 Å². The third-order valence-corrected chi connectivity index (χ3v) is 2.40. The van der Waals surface area contributed by atoms with Gasteiger partial charge in [0.1, 0.15) is 0 Å². The van der Waals surface area contributed by atoms with E-state index in [0.29, 0.717) is 12.5 Å². The van der Waals surface area contributed by atoms with E-state index in [1.807, 2.05) is 23.7 Å². The Morgan fingerprint density at radius 3 is 2.81 bits per heavy atom. The fourth-order valence-electron chi connectivity index (χ4n) is 1.65. The van der Waals surface area contributed by atoms with Crippen LogP contribution in [0, 0.1) is 6.92 Å². The number of anilines is 1. The molecule has 16 heavy (non-hydrogen) atoms. The number of benzene rings is 1. The minimum Gasteiger partial charge on any atom is -0.357 e. The standard InChI is InChI=1S/C11H15N5/c1-8-4-3-5-9(6-8)16-10(7-12)14-15-11(16)13-2/h3-6H,7,12H2,1-2H3,(H,13,15). The van der Waals surface area contributed by atoms with Gasteiger partial charge in [0.2, 0.25) is 5.95 Å². The van der Waals surface area contributed by atoms with Gasteiger partial charge in [-0.15, -0.1) is 10.2 Å². The molecule has 1 heterocycles. The van der Waals surface area contributed by atoms with Crippen LogP contribution in [0.25, 0.3) is 5.69 Å². The molecule has 0 bridgehead atoms. The van der Waals surface area contributed by atoms with E-state index in [1.54, 1.807) is 0 Å². The summed E-state index contributed by atoms with van der Waals surface area (Å²) in [5.74, 6) is 1.45. The number of nitrogens with two attached hydrogens (primary N) is 1. The van der Waals surface area contributed by atoms with Crippen LogP contribution >= 0.6 is 0 Å². The number of nitrogens with one attached hydrogen (secondary N) is 1. The highest BCUT2D eigenvalue weighted by molar-refractivity contribution is 5.43. The maximum Gasteiger partial charge on any atom is 0.229 e. The first-order valence-corrected chi connectivity index (χ1v) is 5.15. The predicted octanol–water partition coefficient (Wildman–Crippen LogP) is 1.08. The lowest BCUT2D eigenvalue weighted by atomic mass is 10.2. The molecule has 0 aliphatic heterocycles. The van der Waals surface area contributed by atoms with Crippen molar-refractivity contribution in [1.82, 2.24) is 14.8 Å². The predicted molar refractivity (Wildman–Crippen MR) is 63.5 cm³/mol. The van der Waals surface area contributed by atoms with E-state index in [4.69, 9.17) is 5.73 Å². The van der Waals surface area contributed by atoms with Gasteiger partial charge in [-0.1, -0.05) is 12.1 Å². The molecule has 0 aliphatic rings. The lowest BCUT2D eigenvalue weighted by molar-refractivity contribution is 0.860. The van der Waals surface area contributed by atoms with Gasteiger partial charge >= 0.3 is 0 Å². The number of hydrogen-bond donors (Lipinski definition) is 2. The normalized spacial score (nSPS) is 10.4. The molecule has 0 amide bonds. The van der Waals surface area contributed by atoms with Crippen LogP contribution in [0.2, 0.25) is 0 Å². The molecule has 0 fully saturated rings. The fraction of sp³-hybridized carbons (Fsp3) is 0.273. The first-order chi connectivity index (χ1) is 7.76. The Bertz CT molecular complexity index is 467. The molecule has 0 atom stereocenters. The van der Waals surface area contributed by atoms with Crippen molar-refractivity contribution in [2.45, 2.75) is 13.5 Å². The minimum absolute atomic E-state index is 0.364. The molecular weight excluding hydrogens is 202 g/mol. The number of nitrogens with zero attached hydrogens (tertiary/aromatic N) is 3. The molecule has 0 aliphatic carbocycles. The molecule has 1 aromatic heterocycles. The second kappa shape index (κ2) is 4.32. The highest BCUT2D eigenvalue weighted by atomic mass is 15.3. The van der Waals surface area contributed by atoms with Gasteiger partial charge in [-0.3, -0.25) is 4.57 Å². The Balaban J connectivity index is 2.57. The summed E-state index contributed by atoms with van der Waals surface area (Å²) in [6.07, 6.45) is 0. The van der Waals surface area contributed by atoms with Crippen molar-refractivity contribution < 1.29 is 0 Å². The second-order valence-corrected chi connectivity index (χ2v) is 3.57. The Morgan fingerprint density at radius 1 is 1.38 bits per heavy atom. The third-order valence-electron chi connectivity index (χ3n) is 2.40. The van der Waals surface area contributed by atoms with E-state index in [-0.39, 0.29) is 0 Å². The molecular formula is C11H15N5. The summed E-state index contributed by atoms with van der Waals surface area (Å²) in [5, 5.41) is 11.1. The van der Waals surface area contributed by atoms with Crippen molar-refractivity contribution in [3.8, 4) is 5.69 Å². The Labute approximate surface area is 94.3 Å². The molecule has 3 N–H and O–H groups in total. The molecule has 0 spiro atoms. The summed E-state index contributed by atoms with van der Waals surface area (Å²) >= 11 is 0. The summed E-state index contributed by atoms with van der Waals surface area (Å²) in [6.45, 7) is 2.41. The summed E-state index contributed by atoms with van der Waals surface area (Å²) in [4.78, 5) is 0. The molecule has 84 valence electrons. The van der Waals surface area contributed by atoms with Crippen LogP contribution in [0.1, 0.15) is 11.4 Å². The molecule has 1 aromatic carbocycles. The molecule has 5 heteroatoms. The first kappa shape index (κ1) is 10.6. The van der Waals surface area contributed by atoms with E-state index < -0.39 is 0 Å². The highest BCUT2D eigenvalue weighted by Crippen LogP contribution is 2.17. The lowest BCUT2D eigenvalue weighted by Gasteiger charge is -2.09. The number of rotatable bonds is 3. The van der Waals surface area contributed by atoms with E-state index in [1.165, 1.54) is 5.56 Å². The van der Waals surface area contributed by atoms with Gasteiger partial charge in [-0.25, -0.2) is 0 Å². The van der Waals surface area contributed by atoms with Gasteiger partial charge in [0, 0.05) is 7.05 Å². The maximum absolute atomic E-state index is 5.64. The number of hydrogen-bond acceptors (Lipinski definition) is 4. The largest absolute Gasteiger partial charge is 0.357 e. The second-order valence-electron chi connectivity index (χ2n) is 3.57. The summed E-state index contributed by atoms with van der Waals surface area (Å²) in [5.41, 5.74) is 7.86. The Kier molecular flexibility index (Phi) is 2.87. The monoisotopic (exact) mass is 217 g/mol. The van der Waals surface area contributed by atoms with E-state index in [9.17, 15) is 0 Å². The van der Waals surface area contributed by atoms with Gasteiger partial charge in [0.05, 0.1) is 12.2 Å². The van der Waals surface area contributed by atoms with Crippen molar-refractivity contribution >= 4 is 5.95 Å². The van der Waals surface area contributed by atoms with Crippen molar-refractivity contribution in [1.29, 1.82) is 0 Å². The van der Waals surface area contributed by atoms with Gasteiger partial charge in [0.25, 0.3) is 0 Å². The molecule has 0 unspecified atom stereocenters. The highest BCUT2D eigenvalue weighted by Gasteiger charge is 2.10. The average Bonchev–Trinajstić information content (AvgIpc) is 2.71. The zero-order valence-electron chi connectivity index (χ0n) is 9.44. The number of aromatic nitrogens is 3. The topological polar surface area (TPSA) is 68.8 Å². The van der Waals surface area contributed by atoms with Crippen LogP contribution in [-0.2, 0) is 6.54 Å². The van der Waals surface area contributed by atoms with E-state index >= 15 is 0 Å². The molecule has 0 radical (unpaired) electrons. The Morgan fingerprint density at radius 2 is 2.19 bits per heavy atom. The fourth-order valence-corrected chi connectivity index (χ4v) is 1.65. The molecule has 5 nitrogen and oxygen atoms in total. The lowest BCUT2D eigenvalue weighted by Crippen LogP contribution is -2.09. The van der Waals surface area contributed by atoms with Crippen molar-refractivity contribution in [2.75, 3.05) is 12.4 Å². The van der Waals surface area contributed by atoms with E-state index in [2.05, 4.69) is 34.6 Å². The van der Waals surface area contributed by atoms with Gasteiger partial charge in [0.15, 0.2) is 5.82 Å². The summed E-state index contributed by atoms with van der Waals surface area (Å²) < 4.78 is 1.92. The van der Waals surface area contributed by atoms with Crippen LogP contribution in [0.15, 0.2) is 24.3 Å². The van der Waals surface area contributed by atoms with Crippen LogP contribution in [0.4, 0.5) is 5.95 Å². The minimum atomic E-state index is 0.364. The summed E-state index contributed by atoms with van der Waals surface area (Å²) in [7, 11) is 1.82. The zero-order valence-corrected chi connectivity index (χ0v) is 9.44. The third kappa shape index (κ3) is 1.77. The molecule has 2 aromatic rings. The maximum atomic E-state index is 5.64. The average molecular weight is 217 g/mol. The SMILES string of the molecule is CNc1nnc(CN)n1-c1cccc(C)c1. The van der Waals surface area contributed by atoms with Gasteiger partial charge in [-0.05, 0) is 24.6 Å². The first-order valence-electron chi connectivity index (χ1n) is 5.15. The quantitative estimate of drug-likeness (QED) is 0.807. The molecule has 0 saturated heterocycles. The smallest absolute Gasteiger partial charge is 0.229 e. The number of aryl methyl sites for hydroxylation is 1. The van der Waals surface area contributed by atoms with E-state index in [0.717, 1.165) is 11.5 Å². The van der Waals surface area contributed by atoms with Crippen LogP contribution in [-0.4, -0.2) is 21.8 Å². The van der Waals surface area contributed by atoms with Crippen LogP contribution < -0.4 is 11.1 Å².